The second-order valence-electron chi connectivity index (χ2n) is 7.86. The van der Waals surface area contributed by atoms with Gasteiger partial charge in [-0.3, -0.25) is 23.4 Å². The molecule has 1 fully saturated rings. The molecule has 179 valence electrons. The lowest BCUT2D eigenvalue weighted by Crippen LogP contribution is -3.07. The van der Waals surface area contributed by atoms with Crippen molar-refractivity contribution in [3.63, 3.8) is 0 Å². The van der Waals surface area contributed by atoms with Crippen LogP contribution >= 0.6 is 7.82 Å². The van der Waals surface area contributed by atoms with Gasteiger partial charge in [-0.05, 0) is 18.9 Å². The molecule has 3 N–H and O–H groups in total. The number of quaternary nitrogens is 1. The number of nitrogens with one attached hydrogen (secondary N) is 2. The summed E-state index contributed by atoms with van der Waals surface area (Å²) < 4.78 is 29.2. The molecule has 14 heteroatoms. The Hall–Kier alpha value is -1.98. The van der Waals surface area contributed by atoms with Gasteiger partial charge in [-0.15, -0.1) is 0 Å². The molecule has 1 radical (unpaired) electrons. The zero-order chi connectivity index (χ0) is 23.9. The summed E-state index contributed by atoms with van der Waals surface area (Å²) in [5, 5.41) is 3.64. The summed E-state index contributed by atoms with van der Waals surface area (Å²) in [6.07, 6.45) is 0.747. The molecule has 1 aliphatic heterocycles. The summed E-state index contributed by atoms with van der Waals surface area (Å²) in [7, 11) is -2.43. The van der Waals surface area contributed by atoms with E-state index in [0.29, 0.717) is 18.0 Å². The van der Waals surface area contributed by atoms with Crippen LogP contribution in [0.25, 0.3) is 10.4 Å². The number of aromatic amines is 1. The average Bonchev–Trinajstić information content (AvgIpc) is 3.12. The maximum atomic E-state index is 12.2. The van der Waals surface area contributed by atoms with E-state index in [1.165, 1.54) is 17.7 Å². The van der Waals surface area contributed by atoms with Crippen molar-refractivity contribution in [3.8, 4) is 0 Å². The molecule has 6 atom stereocenters. The Kier molecular flexibility index (Phi) is 9.65. The molecule has 0 aromatic carbocycles. The van der Waals surface area contributed by atoms with E-state index < -0.39 is 37.4 Å². The Morgan fingerprint density at radius 1 is 1.53 bits per heavy atom. The normalized spacial score (nSPS) is 24.5. The number of phosphoric acid groups is 1. The largest absolute Gasteiger partial charge is 0.472 e. The van der Waals surface area contributed by atoms with Crippen LogP contribution in [-0.4, -0.2) is 53.4 Å². The number of aromatic nitrogens is 2. The molecular weight excluding hydrogens is 443 g/mol. The van der Waals surface area contributed by atoms with Crippen LogP contribution in [0.1, 0.15) is 38.5 Å². The predicted octanol–water partition coefficient (Wildman–Crippen LogP) is 0.668. The predicted molar refractivity (Wildman–Crippen MR) is 115 cm³/mol. The van der Waals surface area contributed by atoms with Crippen LogP contribution in [0.3, 0.4) is 0 Å². The Morgan fingerprint density at radius 3 is 2.91 bits per heavy atom. The second kappa shape index (κ2) is 11.8. The summed E-state index contributed by atoms with van der Waals surface area (Å²) >= 11 is 0. The van der Waals surface area contributed by atoms with Crippen LogP contribution < -0.4 is 16.1 Å². The highest BCUT2D eigenvalue weighted by atomic mass is 31.2. The SMILES string of the molecule is CCC(C)[CH][NH+](C)CCOP(=O)(O)OCC1OC(n2cc(C)c(=O)[nH]c2=O)CC1N=[N+]=[N-]. The van der Waals surface area contributed by atoms with Crippen LogP contribution in [0.4, 0.5) is 0 Å². The van der Waals surface area contributed by atoms with Crippen molar-refractivity contribution in [1.82, 2.24) is 9.55 Å². The molecule has 1 aliphatic rings. The maximum Gasteiger partial charge on any atom is 0.472 e. The van der Waals surface area contributed by atoms with Crippen LogP contribution in [0, 0.1) is 19.4 Å². The molecule has 2 heterocycles. The fourth-order valence-corrected chi connectivity index (χ4v) is 3.97. The quantitative estimate of drug-likeness (QED) is 0.173. The minimum atomic E-state index is -4.36. The van der Waals surface area contributed by atoms with Gasteiger partial charge < -0.3 is 14.5 Å². The third kappa shape index (κ3) is 7.56. The molecule has 0 saturated carbocycles. The maximum absolute atomic E-state index is 12.2. The number of rotatable bonds is 12. The van der Waals surface area contributed by atoms with Gasteiger partial charge >= 0.3 is 13.5 Å². The van der Waals surface area contributed by atoms with Crippen molar-refractivity contribution in [3.05, 3.63) is 49.6 Å². The molecule has 0 amide bonds. The number of ether oxygens (including phenoxy) is 1. The van der Waals surface area contributed by atoms with Crippen molar-refractivity contribution in [2.24, 2.45) is 11.0 Å². The van der Waals surface area contributed by atoms with Crippen molar-refractivity contribution in [1.29, 1.82) is 0 Å². The highest BCUT2D eigenvalue weighted by Gasteiger charge is 2.38. The first-order valence-electron chi connectivity index (χ1n) is 10.4. The molecule has 0 bridgehead atoms. The van der Waals surface area contributed by atoms with Crippen molar-refractivity contribution < 1.29 is 28.1 Å². The lowest BCUT2D eigenvalue weighted by molar-refractivity contribution is -0.851. The summed E-state index contributed by atoms with van der Waals surface area (Å²) in [6.45, 7) is 7.89. The van der Waals surface area contributed by atoms with E-state index in [9.17, 15) is 19.0 Å². The number of hydrogen-bond donors (Lipinski definition) is 3. The van der Waals surface area contributed by atoms with Gasteiger partial charge in [0, 0.05) is 29.0 Å². The van der Waals surface area contributed by atoms with Gasteiger partial charge in [-0.1, -0.05) is 19.0 Å². The molecule has 32 heavy (non-hydrogen) atoms. The van der Waals surface area contributed by atoms with Crippen LogP contribution in [0.2, 0.25) is 0 Å². The van der Waals surface area contributed by atoms with Gasteiger partial charge in [0.2, 0.25) is 0 Å². The zero-order valence-electron chi connectivity index (χ0n) is 18.6. The number of likely N-dealkylation sites (N-methyl/N-ethyl adjacent to an activating group) is 1. The number of nitrogens with zero attached hydrogens (tertiary/aromatic N) is 4. The van der Waals surface area contributed by atoms with Crippen molar-refractivity contribution in [2.45, 2.75) is 52.0 Å². The Balaban J connectivity index is 1.95. The minimum Gasteiger partial charge on any atom is -0.352 e. The van der Waals surface area contributed by atoms with Gasteiger partial charge in [0.15, 0.2) is 0 Å². The summed E-state index contributed by atoms with van der Waals surface area (Å²) in [5.41, 5.74) is 7.94. The standard InChI is InChI=1S/C18H31N6O7P/c1-5-12(2)9-23(4)6-7-29-32(27,28)30-11-15-14(21-22-19)8-16(31-15)24-10-13(3)17(25)20-18(24)26/h9-10,12,14-16,23H,5-8,11H2,1-4H3,(H,27,28)(H,20,25,26)/q+1. The molecule has 0 spiro atoms. The third-order valence-electron chi connectivity index (χ3n) is 5.23. The van der Waals surface area contributed by atoms with E-state index in [2.05, 4.69) is 35.4 Å². The number of phosphoric ester groups is 1. The van der Waals surface area contributed by atoms with E-state index >= 15 is 0 Å². The second-order valence-corrected chi connectivity index (χ2v) is 9.32. The molecule has 0 aliphatic carbocycles. The van der Waals surface area contributed by atoms with Crippen molar-refractivity contribution >= 4 is 7.82 Å². The first-order valence-corrected chi connectivity index (χ1v) is 11.9. The lowest BCUT2D eigenvalue weighted by Gasteiger charge is -2.20. The lowest BCUT2D eigenvalue weighted by atomic mass is 10.1. The number of aryl methyl sites for hydroxylation is 1. The van der Waals surface area contributed by atoms with E-state index in [1.54, 1.807) is 0 Å². The average molecular weight is 474 g/mol. The van der Waals surface area contributed by atoms with E-state index in [4.69, 9.17) is 19.3 Å². The van der Waals surface area contributed by atoms with Gasteiger partial charge in [0.1, 0.15) is 25.9 Å². The first-order chi connectivity index (χ1) is 15.1. The number of hydrogen-bond acceptors (Lipinski definition) is 7. The molecular formula is C18H31N6O7P+. The molecule has 13 nitrogen and oxygen atoms in total. The topological polar surface area (TPSA) is 173 Å². The number of azide groups is 1. The van der Waals surface area contributed by atoms with Gasteiger partial charge in [0.05, 0.1) is 25.8 Å². The van der Waals surface area contributed by atoms with Crippen LogP contribution in [-0.2, 0) is 18.3 Å². The summed E-state index contributed by atoms with van der Waals surface area (Å²) in [6, 6.07) is -0.746. The zero-order valence-corrected chi connectivity index (χ0v) is 19.5. The Labute approximate surface area is 185 Å². The third-order valence-corrected chi connectivity index (χ3v) is 6.21. The van der Waals surface area contributed by atoms with E-state index in [-0.39, 0.29) is 19.6 Å². The highest BCUT2D eigenvalue weighted by Crippen LogP contribution is 2.44. The van der Waals surface area contributed by atoms with Gasteiger partial charge in [-0.2, -0.15) is 0 Å². The minimum absolute atomic E-state index is 0.00647. The number of H-pyrrole nitrogens is 1. The monoisotopic (exact) mass is 474 g/mol. The summed E-state index contributed by atoms with van der Waals surface area (Å²) in [4.78, 5) is 39.6. The van der Waals surface area contributed by atoms with Crippen LogP contribution in [0.15, 0.2) is 20.9 Å². The fourth-order valence-electron chi connectivity index (χ4n) is 3.24. The first kappa shape index (κ1) is 26.3. The molecule has 6 unspecified atom stereocenters. The molecule has 1 saturated heterocycles. The van der Waals surface area contributed by atoms with Crippen LogP contribution in [0.5, 0.6) is 0 Å². The Bertz CT molecular complexity index is 975. The highest BCUT2D eigenvalue weighted by molar-refractivity contribution is 7.47. The van der Waals surface area contributed by atoms with E-state index in [0.717, 1.165) is 11.3 Å². The Morgan fingerprint density at radius 2 is 2.25 bits per heavy atom. The van der Waals surface area contributed by atoms with Gasteiger partial charge in [0.25, 0.3) is 5.56 Å². The smallest absolute Gasteiger partial charge is 0.352 e. The molecule has 1 aromatic heterocycles. The fraction of sp³-hybridized carbons (Fsp3) is 0.722. The van der Waals surface area contributed by atoms with Crippen molar-refractivity contribution in [2.75, 3.05) is 26.8 Å². The summed E-state index contributed by atoms with van der Waals surface area (Å²) in [5.74, 6) is 0.413. The molecule has 1 aromatic rings. The van der Waals surface area contributed by atoms with E-state index in [1.807, 2.05) is 7.05 Å². The van der Waals surface area contributed by atoms with Gasteiger partial charge in [-0.25, -0.2) is 9.36 Å². The molecule has 2 rings (SSSR count).